The molecule has 34 valence electrons. The fourth-order valence-electron chi connectivity index (χ4n) is 0.361. The van der Waals surface area contributed by atoms with E-state index in [9.17, 15) is 0 Å². The monoisotopic (exact) mass is 106 g/mol. The zero-order valence-corrected chi connectivity index (χ0v) is 4.46. The SMILES string of the molecule is Cc1cccs1.[LiH]. The van der Waals surface area contributed by atoms with E-state index >= 15 is 0 Å². The first-order chi connectivity index (χ1) is 2.89. The maximum atomic E-state index is 2.10. The molecule has 1 rings (SSSR count). The van der Waals surface area contributed by atoms with Crippen LogP contribution < -0.4 is 0 Å². The molecule has 0 aliphatic heterocycles. The fraction of sp³-hybridized carbons (Fsp3) is 0.200. The van der Waals surface area contributed by atoms with Crippen molar-refractivity contribution in [1.29, 1.82) is 0 Å². The zero-order valence-electron chi connectivity index (χ0n) is 3.64. The topological polar surface area (TPSA) is 0 Å². The Kier molecular flexibility index (Phi) is 3.46. The molecule has 0 amide bonds. The standard InChI is InChI=1S/C5H6S.Li.H/c1-5-3-2-4-6-5;;/h2-4H,1H3;;. The average molecular weight is 106 g/mol. The van der Waals surface area contributed by atoms with Gasteiger partial charge in [-0.2, -0.15) is 0 Å². The van der Waals surface area contributed by atoms with Crippen LogP contribution in [0.25, 0.3) is 0 Å². The van der Waals surface area contributed by atoms with Crippen LogP contribution in [0.5, 0.6) is 0 Å². The first kappa shape index (κ1) is 7.30. The normalized spacial score (nSPS) is 7.57. The number of hydrogen-bond donors (Lipinski definition) is 0. The van der Waals surface area contributed by atoms with E-state index in [1.165, 1.54) is 4.88 Å². The quantitative estimate of drug-likeness (QED) is 0.438. The van der Waals surface area contributed by atoms with Gasteiger partial charge in [-0.05, 0) is 18.4 Å². The van der Waals surface area contributed by atoms with Gasteiger partial charge in [0.15, 0.2) is 0 Å². The maximum absolute atomic E-state index is 2.10. The summed E-state index contributed by atoms with van der Waals surface area (Å²) in [6.07, 6.45) is 0. The van der Waals surface area contributed by atoms with Gasteiger partial charge in [0, 0.05) is 4.88 Å². The molecule has 0 saturated carbocycles. The van der Waals surface area contributed by atoms with Crippen LogP contribution in [0.15, 0.2) is 17.5 Å². The van der Waals surface area contributed by atoms with Gasteiger partial charge >= 0.3 is 18.9 Å². The van der Waals surface area contributed by atoms with Crippen LogP contribution in [0.2, 0.25) is 0 Å². The van der Waals surface area contributed by atoms with Crippen LogP contribution in [-0.4, -0.2) is 18.9 Å². The van der Waals surface area contributed by atoms with Crippen molar-refractivity contribution >= 4 is 30.2 Å². The predicted octanol–water partition coefficient (Wildman–Crippen LogP) is 1.41. The summed E-state index contributed by atoms with van der Waals surface area (Å²) >= 11 is 1.78. The molecule has 0 atom stereocenters. The van der Waals surface area contributed by atoms with Gasteiger partial charge in [-0.25, -0.2) is 0 Å². The molecule has 0 aromatic carbocycles. The summed E-state index contributed by atoms with van der Waals surface area (Å²) in [6.45, 7) is 2.10. The molecule has 2 heteroatoms. The second kappa shape index (κ2) is 3.32. The van der Waals surface area contributed by atoms with Gasteiger partial charge < -0.3 is 0 Å². The number of rotatable bonds is 0. The van der Waals surface area contributed by atoms with Crippen LogP contribution >= 0.6 is 11.3 Å². The summed E-state index contributed by atoms with van der Waals surface area (Å²) in [5, 5.41) is 2.08. The molecule has 0 nitrogen and oxygen atoms in total. The molecule has 0 radical (unpaired) electrons. The van der Waals surface area contributed by atoms with E-state index in [1.807, 2.05) is 0 Å². The van der Waals surface area contributed by atoms with Gasteiger partial charge in [0.05, 0.1) is 0 Å². The Hall–Kier alpha value is 0.297. The van der Waals surface area contributed by atoms with E-state index in [4.69, 9.17) is 0 Å². The van der Waals surface area contributed by atoms with E-state index in [-0.39, 0.29) is 18.9 Å². The van der Waals surface area contributed by atoms with E-state index in [0.717, 1.165) is 0 Å². The Morgan fingerprint density at radius 1 is 1.57 bits per heavy atom. The van der Waals surface area contributed by atoms with E-state index in [2.05, 4.69) is 24.4 Å². The third-order valence-corrected chi connectivity index (χ3v) is 1.46. The molecular formula is C5H7LiS. The van der Waals surface area contributed by atoms with Crippen LogP contribution in [-0.2, 0) is 0 Å². The molecular weight excluding hydrogens is 99.1 g/mol. The Balaban J connectivity index is 0.000000360. The Bertz CT molecular complexity index is 112. The summed E-state index contributed by atoms with van der Waals surface area (Å²) in [5.74, 6) is 0. The molecule has 0 N–H and O–H groups in total. The van der Waals surface area contributed by atoms with Crippen LogP contribution in [0.3, 0.4) is 0 Å². The molecule has 0 spiro atoms. The molecule has 1 aromatic rings. The fourth-order valence-corrected chi connectivity index (χ4v) is 0.890. The summed E-state index contributed by atoms with van der Waals surface area (Å²) < 4.78 is 0. The van der Waals surface area contributed by atoms with Crippen molar-refractivity contribution in [3.63, 3.8) is 0 Å². The Morgan fingerprint density at radius 2 is 2.29 bits per heavy atom. The zero-order chi connectivity index (χ0) is 4.41. The van der Waals surface area contributed by atoms with E-state index in [0.29, 0.717) is 0 Å². The molecule has 1 heterocycles. The summed E-state index contributed by atoms with van der Waals surface area (Å²) in [7, 11) is 0. The van der Waals surface area contributed by atoms with Gasteiger partial charge in [0.1, 0.15) is 0 Å². The third-order valence-electron chi connectivity index (χ3n) is 0.663. The molecule has 0 aliphatic carbocycles. The van der Waals surface area contributed by atoms with Crippen molar-refractivity contribution in [1.82, 2.24) is 0 Å². The third kappa shape index (κ3) is 2.18. The summed E-state index contributed by atoms with van der Waals surface area (Å²) in [6, 6.07) is 4.16. The molecule has 7 heavy (non-hydrogen) atoms. The molecule has 0 aliphatic rings. The number of thiophene rings is 1. The predicted molar refractivity (Wildman–Crippen MR) is 36.2 cm³/mol. The van der Waals surface area contributed by atoms with Crippen molar-refractivity contribution < 1.29 is 0 Å². The average Bonchev–Trinajstić information content (AvgIpc) is 1.86. The van der Waals surface area contributed by atoms with Crippen LogP contribution in [0.1, 0.15) is 4.88 Å². The van der Waals surface area contributed by atoms with Crippen molar-refractivity contribution in [2.45, 2.75) is 6.92 Å². The van der Waals surface area contributed by atoms with Gasteiger partial charge in [0.25, 0.3) is 0 Å². The minimum absolute atomic E-state index is 0. The number of hydrogen-bond acceptors (Lipinski definition) is 1. The first-order valence-electron chi connectivity index (χ1n) is 1.90. The second-order valence-electron chi connectivity index (χ2n) is 1.22. The summed E-state index contributed by atoms with van der Waals surface area (Å²) in [5.41, 5.74) is 0. The van der Waals surface area contributed by atoms with Gasteiger partial charge in [-0.3, -0.25) is 0 Å². The van der Waals surface area contributed by atoms with Gasteiger partial charge in [-0.15, -0.1) is 11.3 Å². The second-order valence-corrected chi connectivity index (χ2v) is 2.38. The van der Waals surface area contributed by atoms with Gasteiger partial charge in [-0.1, -0.05) is 6.07 Å². The van der Waals surface area contributed by atoms with E-state index in [1.54, 1.807) is 11.3 Å². The molecule has 0 fully saturated rings. The molecule has 0 bridgehead atoms. The van der Waals surface area contributed by atoms with Crippen molar-refractivity contribution in [3.05, 3.63) is 22.4 Å². The van der Waals surface area contributed by atoms with Crippen molar-refractivity contribution in [2.75, 3.05) is 0 Å². The van der Waals surface area contributed by atoms with E-state index < -0.39 is 0 Å². The first-order valence-corrected chi connectivity index (χ1v) is 2.77. The summed E-state index contributed by atoms with van der Waals surface area (Å²) in [4.78, 5) is 1.38. The molecule has 0 unspecified atom stereocenters. The minimum atomic E-state index is 0. The molecule has 0 saturated heterocycles. The Labute approximate surface area is 59.7 Å². The van der Waals surface area contributed by atoms with Crippen molar-refractivity contribution in [2.24, 2.45) is 0 Å². The number of aryl methyl sites for hydroxylation is 1. The van der Waals surface area contributed by atoms with Crippen LogP contribution in [0, 0.1) is 6.92 Å². The Morgan fingerprint density at radius 3 is 2.43 bits per heavy atom. The van der Waals surface area contributed by atoms with Gasteiger partial charge in [0.2, 0.25) is 0 Å². The van der Waals surface area contributed by atoms with Crippen LogP contribution in [0.4, 0.5) is 0 Å². The molecule has 1 aromatic heterocycles. The van der Waals surface area contributed by atoms with Crippen molar-refractivity contribution in [3.8, 4) is 0 Å².